The number of aryl methyl sites for hydroxylation is 1. The predicted octanol–water partition coefficient (Wildman–Crippen LogP) is 4.03. The largest absolute Gasteiger partial charge is 0.375 e. The molecule has 0 aliphatic carbocycles. The average Bonchev–Trinajstić information content (AvgIpc) is 2.50. The van der Waals surface area contributed by atoms with Crippen LogP contribution in [0.25, 0.3) is 0 Å². The van der Waals surface area contributed by atoms with Crippen LogP contribution >= 0.6 is 0 Å². The van der Waals surface area contributed by atoms with E-state index < -0.39 is 0 Å². The molecule has 0 saturated carbocycles. The van der Waals surface area contributed by atoms with Crippen molar-refractivity contribution in [1.82, 2.24) is 0 Å². The first-order valence-corrected chi connectivity index (χ1v) is 7.18. The molecule has 0 amide bonds. The molecule has 0 aliphatic rings. The molecule has 2 N–H and O–H groups in total. The van der Waals surface area contributed by atoms with Crippen LogP contribution in [0.1, 0.15) is 42.2 Å². The van der Waals surface area contributed by atoms with Gasteiger partial charge in [-0.2, -0.15) is 0 Å². The van der Waals surface area contributed by atoms with Crippen LogP contribution < -0.4 is 5.73 Å². The molecule has 0 radical (unpaired) electrons. The van der Waals surface area contributed by atoms with Crippen LogP contribution in [-0.4, -0.2) is 7.11 Å². The van der Waals surface area contributed by atoms with E-state index in [0.29, 0.717) is 0 Å². The fourth-order valence-corrected chi connectivity index (χ4v) is 2.50. The van der Waals surface area contributed by atoms with Gasteiger partial charge in [0.1, 0.15) is 6.10 Å². The van der Waals surface area contributed by atoms with Gasteiger partial charge < -0.3 is 10.5 Å². The van der Waals surface area contributed by atoms with Crippen molar-refractivity contribution in [3.8, 4) is 0 Å². The Morgan fingerprint density at radius 1 is 0.950 bits per heavy atom. The Hall–Kier alpha value is -1.64. The van der Waals surface area contributed by atoms with Gasteiger partial charge in [0.15, 0.2) is 0 Å². The van der Waals surface area contributed by atoms with Gasteiger partial charge in [-0.15, -0.1) is 0 Å². The van der Waals surface area contributed by atoms with Gasteiger partial charge in [0, 0.05) is 7.11 Å². The van der Waals surface area contributed by atoms with Crippen molar-refractivity contribution in [3.05, 3.63) is 71.3 Å². The highest BCUT2D eigenvalue weighted by molar-refractivity contribution is 5.29. The Morgan fingerprint density at radius 2 is 1.60 bits per heavy atom. The quantitative estimate of drug-likeness (QED) is 0.859. The van der Waals surface area contributed by atoms with Crippen LogP contribution in [0.2, 0.25) is 0 Å². The summed E-state index contributed by atoms with van der Waals surface area (Å²) in [5.74, 6) is 0. The molecule has 0 aromatic heterocycles. The molecule has 0 bridgehead atoms. The average molecular weight is 269 g/mol. The Balaban J connectivity index is 2.18. The normalized spacial score (nSPS) is 13.9. The Labute approximate surface area is 121 Å². The SMILES string of the molecule is CCCc1ccc(C(N)C(OC)c2ccccc2)cc1. The second-order valence-electron chi connectivity index (χ2n) is 5.08. The lowest BCUT2D eigenvalue weighted by atomic mass is 9.95. The smallest absolute Gasteiger partial charge is 0.101 e. The first-order chi connectivity index (χ1) is 9.76. The van der Waals surface area contributed by atoms with E-state index in [2.05, 4.69) is 43.3 Å². The van der Waals surface area contributed by atoms with Crippen LogP contribution in [0.15, 0.2) is 54.6 Å². The Kier molecular flexibility index (Phi) is 5.33. The van der Waals surface area contributed by atoms with Crippen LogP contribution in [0.3, 0.4) is 0 Å². The second kappa shape index (κ2) is 7.22. The van der Waals surface area contributed by atoms with Gasteiger partial charge >= 0.3 is 0 Å². The van der Waals surface area contributed by atoms with E-state index in [9.17, 15) is 0 Å². The van der Waals surface area contributed by atoms with Crippen molar-refractivity contribution in [2.45, 2.75) is 31.9 Å². The van der Waals surface area contributed by atoms with Crippen molar-refractivity contribution >= 4 is 0 Å². The minimum atomic E-state index is -0.155. The van der Waals surface area contributed by atoms with Crippen LogP contribution in [0.5, 0.6) is 0 Å². The highest BCUT2D eigenvalue weighted by atomic mass is 16.5. The van der Waals surface area contributed by atoms with Crippen molar-refractivity contribution in [1.29, 1.82) is 0 Å². The molecule has 0 spiro atoms. The fraction of sp³-hybridized carbons (Fsp3) is 0.333. The first-order valence-electron chi connectivity index (χ1n) is 7.18. The van der Waals surface area contributed by atoms with Crippen molar-refractivity contribution in [2.24, 2.45) is 5.73 Å². The number of hydrogen-bond acceptors (Lipinski definition) is 2. The van der Waals surface area contributed by atoms with E-state index in [4.69, 9.17) is 10.5 Å². The van der Waals surface area contributed by atoms with Gasteiger partial charge in [0.2, 0.25) is 0 Å². The van der Waals surface area contributed by atoms with Crippen LogP contribution in [0, 0.1) is 0 Å². The molecule has 2 aromatic rings. The minimum Gasteiger partial charge on any atom is -0.375 e. The molecule has 20 heavy (non-hydrogen) atoms. The fourth-order valence-electron chi connectivity index (χ4n) is 2.50. The highest BCUT2D eigenvalue weighted by Crippen LogP contribution is 2.29. The summed E-state index contributed by atoms with van der Waals surface area (Å²) in [6, 6.07) is 18.5. The number of methoxy groups -OCH3 is 1. The van der Waals surface area contributed by atoms with E-state index >= 15 is 0 Å². The summed E-state index contributed by atoms with van der Waals surface area (Å²) < 4.78 is 5.61. The van der Waals surface area contributed by atoms with E-state index in [1.807, 2.05) is 18.2 Å². The summed E-state index contributed by atoms with van der Waals surface area (Å²) in [6.45, 7) is 2.19. The lowest BCUT2D eigenvalue weighted by Crippen LogP contribution is -2.21. The third-order valence-corrected chi connectivity index (χ3v) is 3.61. The lowest BCUT2D eigenvalue weighted by molar-refractivity contribution is 0.0802. The third kappa shape index (κ3) is 3.47. The van der Waals surface area contributed by atoms with Gasteiger partial charge in [-0.05, 0) is 23.1 Å². The number of hydrogen-bond donors (Lipinski definition) is 1. The predicted molar refractivity (Wildman–Crippen MR) is 83.6 cm³/mol. The maximum Gasteiger partial charge on any atom is 0.101 e. The first kappa shape index (κ1) is 14.8. The topological polar surface area (TPSA) is 35.2 Å². The number of benzene rings is 2. The van der Waals surface area contributed by atoms with Gasteiger partial charge in [-0.25, -0.2) is 0 Å². The highest BCUT2D eigenvalue weighted by Gasteiger charge is 2.20. The maximum atomic E-state index is 6.38. The lowest BCUT2D eigenvalue weighted by Gasteiger charge is -2.23. The van der Waals surface area contributed by atoms with Crippen LogP contribution in [-0.2, 0) is 11.2 Å². The molecule has 106 valence electrons. The molecule has 2 unspecified atom stereocenters. The zero-order valence-corrected chi connectivity index (χ0v) is 12.3. The van der Waals surface area contributed by atoms with Gasteiger partial charge in [-0.1, -0.05) is 67.9 Å². The summed E-state index contributed by atoms with van der Waals surface area (Å²) in [7, 11) is 1.71. The molecule has 2 nitrogen and oxygen atoms in total. The molecule has 0 fully saturated rings. The van der Waals surface area contributed by atoms with E-state index in [1.54, 1.807) is 7.11 Å². The van der Waals surface area contributed by atoms with E-state index in [-0.39, 0.29) is 12.1 Å². The molecule has 0 saturated heterocycles. The summed E-state index contributed by atoms with van der Waals surface area (Å²) >= 11 is 0. The zero-order valence-electron chi connectivity index (χ0n) is 12.3. The summed E-state index contributed by atoms with van der Waals surface area (Å²) in [5.41, 5.74) is 9.96. The third-order valence-electron chi connectivity index (χ3n) is 3.61. The summed E-state index contributed by atoms with van der Waals surface area (Å²) in [4.78, 5) is 0. The standard InChI is InChI=1S/C18H23NO/c1-3-7-14-10-12-15(13-11-14)17(19)18(20-2)16-8-5-4-6-9-16/h4-6,8-13,17-18H,3,7,19H2,1-2H3. The Bertz CT molecular complexity index is 507. The number of ether oxygens (including phenoxy) is 1. The van der Waals surface area contributed by atoms with Crippen LogP contribution in [0.4, 0.5) is 0 Å². The van der Waals surface area contributed by atoms with Gasteiger partial charge in [0.05, 0.1) is 6.04 Å². The van der Waals surface area contributed by atoms with E-state index in [0.717, 1.165) is 24.0 Å². The van der Waals surface area contributed by atoms with Gasteiger partial charge in [0.25, 0.3) is 0 Å². The van der Waals surface area contributed by atoms with Gasteiger partial charge in [-0.3, -0.25) is 0 Å². The zero-order chi connectivity index (χ0) is 14.4. The van der Waals surface area contributed by atoms with Crippen molar-refractivity contribution in [2.75, 3.05) is 7.11 Å². The molecule has 2 aromatic carbocycles. The molecule has 2 rings (SSSR count). The molecular weight excluding hydrogens is 246 g/mol. The maximum absolute atomic E-state index is 6.38. The minimum absolute atomic E-state index is 0.117. The number of rotatable bonds is 6. The van der Waals surface area contributed by atoms with Crippen molar-refractivity contribution < 1.29 is 4.74 Å². The second-order valence-corrected chi connectivity index (χ2v) is 5.08. The number of nitrogens with two attached hydrogens (primary N) is 1. The monoisotopic (exact) mass is 269 g/mol. The summed E-state index contributed by atoms with van der Waals surface area (Å²) in [6.07, 6.45) is 2.16. The van der Waals surface area contributed by atoms with E-state index in [1.165, 1.54) is 5.56 Å². The van der Waals surface area contributed by atoms with Crippen molar-refractivity contribution in [3.63, 3.8) is 0 Å². The molecule has 2 atom stereocenters. The molecule has 2 heteroatoms. The molecule has 0 heterocycles. The molecular formula is C18H23NO. The Morgan fingerprint density at radius 3 is 2.15 bits per heavy atom. The molecule has 0 aliphatic heterocycles. The summed E-state index contributed by atoms with van der Waals surface area (Å²) in [5, 5.41) is 0.